The highest BCUT2D eigenvalue weighted by molar-refractivity contribution is 7.89. The minimum atomic E-state index is -4.46. The number of nitro benzene ring substituents is 1. The highest BCUT2D eigenvalue weighted by Crippen LogP contribution is 2.30. The average Bonchev–Trinajstić information content (AvgIpc) is 2.74. The number of hydrogen-bond acceptors (Lipinski definition) is 7. The first kappa shape index (κ1) is 22.7. The Bertz CT molecular complexity index is 1080. The second kappa shape index (κ2) is 8.99. The van der Waals surface area contributed by atoms with E-state index in [1.807, 2.05) is 0 Å². The summed E-state index contributed by atoms with van der Waals surface area (Å²) in [6.07, 6.45) is -3.28. The largest absolute Gasteiger partial charge is 0.416 e. The highest BCUT2D eigenvalue weighted by atomic mass is 32.2. The summed E-state index contributed by atoms with van der Waals surface area (Å²) in [7, 11) is -3.92. The van der Waals surface area contributed by atoms with Gasteiger partial charge in [-0.05, 0) is 29.8 Å². The van der Waals surface area contributed by atoms with Crippen LogP contribution in [0.2, 0.25) is 0 Å². The lowest BCUT2D eigenvalue weighted by molar-refractivity contribution is -0.384. The van der Waals surface area contributed by atoms with Gasteiger partial charge in [-0.2, -0.15) is 22.6 Å². The number of nitrogens with zero attached hydrogens (tertiary/aromatic N) is 3. The first-order valence-electron chi connectivity index (χ1n) is 8.92. The fraction of sp³-hybridized carbons (Fsp3) is 0.278. The van der Waals surface area contributed by atoms with Gasteiger partial charge < -0.3 is 4.74 Å². The molecular weight excluding hydrogens is 441 g/mol. The van der Waals surface area contributed by atoms with Gasteiger partial charge in [0.25, 0.3) is 5.69 Å². The molecule has 0 spiro atoms. The lowest BCUT2D eigenvalue weighted by Gasteiger charge is -2.26. The van der Waals surface area contributed by atoms with Gasteiger partial charge in [-0.3, -0.25) is 15.5 Å². The summed E-state index contributed by atoms with van der Waals surface area (Å²) >= 11 is 0. The summed E-state index contributed by atoms with van der Waals surface area (Å²) in [5.74, 6) is 0. The van der Waals surface area contributed by atoms with E-state index in [1.165, 1.54) is 34.8 Å². The Morgan fingerprint density at radius 2 is 1.77 bits per heavy atom. The fourth-order valence-electron chi connectivity index (χ4n) is 2.79. The number of alkyl halides is 3. The Labute approximate surface area is 175 Å². The molecule has 1 aliphatic heterocycles. The maximum atomic E-state index is 12.7. The minimum Gasteiger partial charge on any atom is -0.379 e. The second-order valence-corrected chi connectivity index (χ2v) is 8.38. The lowest BCUT2D eigenvalue weighted by atomic mass is 10.1. The van der Waals surface area contributed by atoms with Crippen molar-refractivity contribution in [2.24, 2.45) is 5.10 Å². The second-order valence-electron chi connectivity index (χ2n) is 6.44. The smallest absolute Gasteiger partial charge is 0.379 e. The first-order valence-corrected chi connectivity index (χ1v) is 10.4. The van der Waals surface area contributed by atoms with Gasteiger partial charge in [-0.25, -0.2) is 8.42 Å². The summed E-state index contributed by atoms with van der Waals surface area (Å²) in [5, 5.41) is 15.2. The van der Waals surface area contributed by atoms with E-state index in [-0.39, 0.29) is 36.9 Å². The topological polar surface area (TPSA) is 114 Å². The number of morpholine rings is 1. The van der Waals surface area contributed by atoms with Gasteiger partial charge >= 0.3 is 6.18 Å². The van der Waals surface area contributed by atoms with Gasteiger partial charge in [0.1, 0.15) is 5.69 Å². The van der Waals surface area contributed by atoms with E-state index in [2.05, 4.69) is 10.5 Å². The zero-order valence-electron chi connectivity index (χ0n) is 15.9. The standard InChI is InChI=1S/C18H17F3N4O5S/c19-18(20,21)14-3-1-13(2-4-14)12-22-23-16-6-5-15(11-17(16)25(26)27)31(28,29)24-7-9-30-10-8-24/h1-6,11-12,23H,7-10H2. The molecule has 31 heavy (non-hydrogen) atoms. The van der Waals surface area contributed by atoms with Crippen molar-refractivity contribution in [3.63, 3.8) is 0 Å². The van der Waals surface area contributed by atoms with Gasteiger partial charge in [0, 0.05) is 19.2 Å². The van der Waals surface area contributed by atoms with Crippen LogP contribution in [0.5, 0.6) is 0 Å². The molecule has 0 bridgehead atoms. The molecule has 1 aliphatic rings. The van der Waals surface area contributed by atoms with Crippen LogP contribution in [0.15, 0.2) is 52.5 Å². The summed E-state index contributed by atoms with van der Waals surface area (Å²) in [6.45, 7) is 0.764. The molecule has 166 valence electrons. The molecule has 0 aromatic heterocycles. The first-order chi connectivity index (χ1) is 14.6. The monoisotopic (exact) mass is 458 g/mol. The number of sulfonamides is 1. The number of nitro groups is 1. The van der Waals surface area contributed by atoms with E-state index in [1.54, 1.807) is 0 Å². The third kappa shape index (κ3) is 5.37. The number of benzene rings is 2. The molecule has 0 aliphatic carbocycles. The predicted octanol–water partition coefficient (Wildman–Crippen LogP) is 3.08. The molecule has 0 unspecified atom stereocenters. The van der Waals surface area contributed by atoms with Gasteiger partial charge in [0.2, 0.25) is 10.0 Å². The van der Waals surface area contributed by atoms with Crippen molar-refractivity contribution in [2.75, 3.05) is 31.7 Å². The quantitative estimate of drug-likeness (QED) is 0.404. The number of halogens is 3. The van der Waals surface area contributed by atoms with E-state index in [4.69, 9.17) is 4.74 Å². The Morgan fingerprint density at radius 3 is 2.35 bits per heavy atom. The molecule has 13 heteroatoms. The Hall–Kier alpha value is -3.03. The van der Waals surface area contributed by atoms with Crippen molar-refractivity contribution >= 4 is 27.6 Å². The zero-order chi connectivity index (χ0) is 22.6. The summed E-state index contributed by atoms with van der Waals surface area (Å²) in [6, 6.07) is 7.51. The predicted molar refractivity (Wildman–Crippen MR) is 105 cm³/mol. The summed E-state index contributed by atoms with van der Waals surface area (Å²) in [5.41, 5.74) is 1.35. The van der Waals surface area contributed by atoms with Crippen LogP contribution < -0.4 is 5.43 Å². The molecule has 1 N–H and O–H groups in total. The van der Waals surface area contributed by atoms with Gasteiger partial charge in [0.15, 0.2) is 0 Å². The molecule has 2 aromatic rings. The molecule has 1 fully saturated rings. The third-order valence-corrected chi connectivity index (χ3v) is 6.30. The van der Waals surface area contributed by atoms with Crippen LogP contribution in [0, 0.1) is 10.1 Å². The SMILES string of the molecule is O=[N+]([O-])c1cc(S(=O)(=O)N2CCOCC2)ccc1NN=Cc1ccc(C(F)(F)F)cc1. The number of hydrazone groups is 1. The van der Waals surface area contributed by atoms with E-state index >= 15 is 0 Å². The number of anilines is 1. The van der Waals surface area contributed by atoms with Crippen LogP contribution in [0.1, 0.15) is 11.1 Å². The molecule has 0 amide bonds. The number of hydrogen-bond donors (Lipinski definition) is 1. The van der Waals surface area contributed by atoms with Crippen molar-refractivity contribution in [1.82, 2.24) is 4.31 Å². The molecular formula is C18H17F3N4O5S. The molecule has 1 heterocycles. The van der Waals surface area contributed by atoms with Crippen molar-refractivity contribution in [3.05, 3.63) is 63.7 Å². The summed E-state index contributed by atoms with van der Waals surface area (Å²) < 4.78 is 69.4. The van der Waals surface area contributed by atoms with Crippen LogP contribution in [-0.2, 0) is 20.9 Å². The van der Waals surface area contributed by atoms with E-state index in [0.29, 0.717) is 5.56 Å². The third-order valence-electron chi connectivity index (χ3n) is 4.41. The maximum Gasteiger partial charge on any atom is 0.416 e. The molecule has 1 saturated heterocycles. The van der Waals surface area contributed by atoms with Crippen molar-refractivity contribution in [3.8, 4) is 0 Å². The lowest BCUT2D eigenvalue weighted by Crippen LogP contribution is -2.40. The summed E-state index contributed by atoms with van der Waals surface area (Å²) in [4.78, 5) is 10.4. The molecule has 0 atom stereocenters. The highest BCUT2D eigenvalue weighted by Gasteiger charge is 2.30. The number of rotatable bonds is 6. The van der Waals surface area contributed by atoms with Crippen LogP contribution in [0.4, 0.5) is 24.5 Å². The molecule has 3 rings (SSSR count). The van der Waals surface area contributed by atoms with Crippen molar-refractivity contribution in [1.29, 1.82) is 0 Å². The van der Waals surface area contributed by atoms with E-state index in [9.17, 15) is 31.7 Å². The van der Waals surface area contributed by atoms with E-state index in [0.717, 1.165) is 18.2 Å². The normalized spacial score (nSPS) is 15.8. The Kier molecular flexibility index (Phi) is 6.57. The fourth-order valence-corrected chi connectivity index (χ4v) is 4.22. The van der Waals surface area contributed by atoms with Crippen LogP contribution in [0.25, 0.3) is 0 Å². The zero-order valence-corrected chi connectivity index (χ0v) is 16.7. The Morgan fingerprint density at radius 1 is 1.13 bits per heavy atom. The molecule has 2 aromatic carbocycles. The average molecular weight is 458 g/mol. The molecule has 0 radical (unpaired) electrons. The minimum absolute atomic E-state index is 0.0749. The van der Waals surface area contributed by atoms with Crippen molar-refractivity contribution < 1.29 is 31.2 Å². The number of ether oxygens (including phenoxy) is 1. The van der Waals surface area contributed by atoms with Crippen LogP contribution in [-0.4, -0.2) is 50.2 Å². The Balaban J connectivity index is 1.79. The van der Waals surface area contributed by atoms with Gasteiger partial charge in [-0.15, -0.1) is 0 Å². The van der Waals surface area contributed by atoms with E-state index < -0.39 is 32.4 Å². The maximum absolute atomic E-state index is 12.7. The van der Waals surface area contributed by atoms with Gasteiger partial charge in [0.05, 0.1) is 34.8 Å². The van der Waals surface area contributed by atoms with Crippen LogP contribution in [0.3, 0.4) is 0 Å². The van der Waals surface area contributed by atoms with Crippen molar-refractivity contribution in [2.45, 2.75) is 11.1 Å². The molecule has 0 saturated carbocycles. The molecule has 9 nitrogen and oxygen atoms in total. The van der Waals surface area contributed by atoms with Gasteiger partial charge in [-0.1, -0.05) is 12.1 Å². The number of nitrogens with one attached hydrogen (secondary N) is 1. The van der Waals surface area contributed by atoms with Crippen LogP contribution >= 0.6 is 0 Å².